The van der Waals surface area contributed by atoms with Crippen molar-refractivity contribution in [3.8, 4) is 0 Å². The number of nitrogens with zero attached hydrogens (tertiary/aromatic N) is 2. The lowest BCUT2D eigenvalue weighted by molar-refractivity contribution is -0.0830. The van der Waals surface area contributed by atoms with Gasteiger partial charge >= 0.3 is 0 Å². The minimum Gasteiger partial charge on any atom is -0.378 e. The lowest BCUT2D eigenvalue weighted by Crippen LogP contribution is -2.45. The Morgan fingerprint density at radius 3 is 2.78 bits per heavy atom. The van der Waals surface area contributed by atoms with Crippen LogP contribution < -0.4 is 5.32 Å². The lowest BCUT2D eigenvalue weighted by atomic mass is 9.75. The second-order valence-electron chi connectivity index (χ2n) is 5.34. The molecular weight excluding hydrogens is 226 g/mol. The Balaban J connectivity index is 1.92. The molecule has 4 heteroatoms. The van der Waals surface area contributed by atoms with Gasteiger partial charge in [0.25, 0.3) is 0 Å². The summed E-state index contributed by atoms with van der Waals surface area (Å²) in [6, 6.07) is 0.472. The van der Waals surface area contributed by atoms with E-state index in [9.17, 15) is 0 Å². The third kappa shape index (κ3) is 2.93. The van der Waals surface area contributed by atoms with Crippen LogP contribution >= 0.6 is 0 Å². The minimum atomic E-state index is 0.133. The third-order valence-electron chi connectivity index (χ3n) is 4.22. The van der Waals surface area contributed by atoms with Gasteiger partial charge in [-0.15, -0.1) is 0 Å². The largest absolute Gasteiger partial charge is 0.378 e. The lowest BCUT2D eigenvalue weighted by Gasteiger charge is -2.42. The Kier molecular flexibility index (Phi) is 4.40. The second kappa shape index (κ2) is 5.85. The van der Waals surface area contributed by atoms with Crippen LogP contribution in [0.15, 0.2) is 12.4 Å². The molecule has 102 valence electrons. The number of rotatable bonds is 7. The zero-order valence-electron chi connectivity index (χ0n) is 11.8. The molecule has 1 heterocycles. The predicted octanol–water partition coefficient (Wildman–Crippen LogP) is 1.99. The maximum absolute atomic E-state index is 5.71. The van der Waals surface area contributed by atoms with Crippen molar-refractivity contribution in [2.45, 2.75) is 57.2 Å². The van der Waals surface area contributed by atoms with Gasteiger partial charge < -0.3 is 10.1 Å². The van der Waals surface area contributed by atoms with Crippen molar-refractivity contribution in [3.05, 3.63) is 18.0 Å². The molecule has 0 bridgehead atoms. The van der Waals surface area contributed by atoms with E-state index in [1.165, 1.54) is 24.8 Å². The SMILES string of the molecule is CCn1cc(CC(CC2(OC)CCC2)NC)cn1. The van der Waals surface area contributed by atoms with Gasteiger partial charge in [0.2, 0.25) is 0 Å². The summed E-state index contributed by atoms with van der Waals surface area (Å²) in [6.45, 7) is 3.05. The van der Waals surface area contributed by atoms with E-state index in [0.29, 0.717) is 6.04 Å². The van der Waals surface area contributed by atoms with Crippen LogP contribution in [-0.4, -0.2) is 35.6 Å². The first-order valence-corrected chi connectivity index (χ1v) is 6.95. The molecule has 4 nitrogen and oxygen atoms in total. The summed E-state index contributed by atoms with van der Waals surface area (Å²) in [7, 11) is 3.89. The van der Waals surface area contributed by atoms with Crippen molar-refractivity contribution in [2.75, 3.05) is 14.2 Å². The molecule has 1 aromatic heterocycles. The van der Waals surface area contributed by atoms with Crippen molar-refractivity contribution in [3.63, 3.8) is 0 Å². The Hall–Kier alpha value is -0.870. The normalized spacial score (nSPS) is 19.5. The Bertz CT molecular complexity index is 365. The van der Waals surface area contributed by atoms with E-state index in [0.717, 1.165) is 19.4 Å². The second-order valence-corrected chi connectivity index (χ2v) is 5.34. The summed E-state index contributed by atoms with van der Waals surface area (Å²) in [6.07, 6.45) is 9.96. The standard InChI is InChI=1S/C14H25N3O/c1-4-17-11-12(10-16-17)8-13(15-2)9-14(18-3)6-5-7-14/h10-11,13,15H,4-9H2,1-3H3. The molecule has 1 unspecified atom stereocenters. The Labute approximate surface area is 110 Å². The molecule has 1 saturated carbocycles. The van der Waals surface area contributed by atoms with Crippen molar-refractivity contribution in [1.29, 1.82) is 0 Å². The maximum Gasteiger partial charge on any atom is 0.0693 e. The van der Waals surface area contributed by atoms with Gasteiger partial charge in [-0.05, 0) is 51.6 Å². The number of ether oxygens (including phenoxy) is 1. The highest BCUT2D eigenvalue weighted by molar-refractivity contribution is 5.07. The first-order chi connectivity index (χ1) is 8.71. The van der Waals surface area contributed by atoms with Crippen molar-refractivity contribution in [1.82, 2.24) is 15.1 Å². The van der Waals surface area contributed by atoms with Gasteiger partial charge in [-0.3, -0.25) is 4.68 Å². The van der Waals surface area contributed by atoms with E-state index in [1.807, 2.05) is 25.0 Å². The van der Waals surface area contributed by atoms with Crippen LogP contribution in [0.2, 0.25) is 0 Å². The summed E-state index contributed by atoms with van der Waals surface area (Å²) in [5, 5.41) is 7.75. The van der Waals surface area contributed by atoms with Crippen molar-refractivity contribution < 1.29 is 4.74 Å². The Morgan fingerprint density at radius 2 is 2.33 bits per heavy atom. The van der Waals surface area contributed by atoms with Gasteiger partial charge in [-0.1, -0.05) is 0 Å². The van der Waals surface area contributed by atoms with Gasteiger partial charge in [0.05, 0.1) is 11.8 Å². The fourth-order valence-corrected chi connectivity index (χ4v) is 2.76. The fourth-order valence-electron chi connectivity index (χ4n) is 2.76. The van der Waals surface area contributed by atoms with Gasteiger partial charge in [0.15, 0.2) is 0 Å². The first-order valence-electron chi connectivity index (χ1n) is 6.95. The third-order valence-corrected chi connectivity index (χ3v) is 4.22. The molecule has 0 aliphatic heterocycles. The summed E-state index contributed by atoms with van der Waals surface area (Å²) < 4.78 is 7.69. The van der Waals surface area contributed by atoms with Gasteiger partial charge in [0, 0.05) is 25.9 Å². The zero-order valence-corrected chi connectivity index (χ0v) is 11.8. The van der Waals surface area contributed by atoms with Crippen LogP contribution in [0.4, 0.5) is 0 Å². The molecule has 1 fully saturated rings. The van der Waals surface area contributed by atoms with Gasteiger partial charge in [-0.2, -0.15) is 5.10 Å². The summed E-state index contributed by atoms with van der Waals surface area (Å²) in [4.78, 5) is 0. The first kappa shape index (κ1) is 13.6. The molecular formula is C14H25N3O. The van der Waals surface area contributed by atoms with Crippen LogP contribution in [0.3, 0.4) is 0 Å². The molecule has 1 aromatic rings. The number of likely N-dealkylation sites (N-methyl/N-ethyl adjacent to an activating group) is 1. The number of methoxy groups -OCH3 is 1. The number of hydrogen-bond donors (Lipinski definition) is 1. The van der Waals surface area contributed by atoms with Gasteiger partial charge in [-0.25, -0.2) is 0 Å². The number of aromatic nitrogens is 2. The highest BCUT2D eigenvalue weighted by atomic mass is 16.5. The monoisotopic (exact) mass is 251 g/mol. The number of aryl methyl sites for hydroxylation is 1. The Morgan fingerprint density at radius 1 is 1.56 bits per heavy atom. The van der Waals surface area contributed by atoms with Crippen LogP contribution in [0, 0.1) is 0 Å². The van der Waals surface area contributed by atoms with Crippen molar-refractivity contribution >= 4 is 0 Å². The molecule has 1 aliphatic rings. The number of hydrogen-bond acceptors (Lipinski definition) is 3. The van der Waals surface area contributed by atoms with E-state index in [1.54, 1.807) is 0 Å². The zero-order chi connectivity index (χ0) is 13.0. The molecule has 0 spiro atoms. The summed E-state index contributed by atoms with van der Waals surface area (Å²) in [5.41, 5.74) is 1.44. The highest BCUT2D eigenvalue weighted by Gasteiger charge is 2.38. The fraction of sp³-hybridized carbons (Fsp3) is 0.786. The minimum absolute atomic E-state index is 0.133. The summed E-state index contributed by atoms with van der Waals surface area (Å²) in [5.74, 6) is 0. The van der Waals surface area contributed by atoms with Crippen LogP contribution in [0.1, 0.15) is 38.2 Å². The van der Waals surface area contributed by atoms with E-state index < -0.39 is 0 Å². The molecule has 1 N–H and O–H groups in total. The van der Waals surface area contributed by atoms with Crippen LogP contribution in [0.5, 0.6) is 0 Å². The molecule has 0 aromatic carbocycles. The van der Waals surface area contributed by atoms with E-state index in [2.05, 4.69) is 23.5 Å². The quantitative estimate of drug-likeness (QED) is 0.805. The molecule has 18 heavy (non-hydrogen) atoms. The van der Waals surface area contributed by atoms with E-state index in [-0.39, 0.29) is 5.60 Å². The van der Waals surface area contributed by atoms with Gasteiger partial charge in [0.1, 0.15) is 0 Å². The highest BCUT2D eigenvalue weighted by Crippen LogP contribution is 2.39. The smallest absolute Gasteiger partial charge is 0.0693 e. The molecule has 0 radical (unpaired) electrons. The summed E-state index contributed by atoms with van der Waals surface area (Å²) >= 11 is 0. The topological polar surface area (TPSA) is 39.1 Å². The van der Waals surface area contributed by atoms with E-state index in [4.69, 9.17) is 4.74 Å². The average Bonchev–Trinajstić information content (AvgIpc) is 2.80. The maximum atomic E-state index is 5.71. The molecule has 0 amide bonds. The molecule has 0 saturated heterocycles. The van der Waals surface area contributed by atoms with Crippen LogP contribution in [0.25, 0.3) is 0 Å². The van der Waals surface area contributed by atoms with Crippen molar-refractivity contribution in [2.24, 2.45) is 0 Å². The average molecular weight is 251 g/mol. The predicted molar refractivity (Wildman–Crippen MR) is 72.7 cm³/mol. The molecule has 2 rings (SSSR count). The van der Waals surface area contributed by atoms with E-state index >= 15 is 0 Å². The van der Waals surface area contributed by atoms with Crippen LogP contribution in [-0.2, 0) is 17.7 Å². The number of nitrogens with one attached hydrogen (secondary N) is 1. The molecule has 1 atom stereocenters. The molecule has 1 aliphatic carbocycles.